The summed E-state index contributed by atoms with van der Waals surface area (Å²) in [7, 11) is 1.87. The molecule has 1 aliphatic rings. The maximum Gasteiger partial charge on any atom is 0.310 e. The molecule has 1 fully saturated rings. The second-order valence-electron chi connectivity index (χ2n) is 4.40. The molecule has 0 saturated carbocycles. The molecule has 17 heavy (non-hydrogen) atoms. The lowest BCUT2D eigenvalue weighted by molar-refractivity contribution is -0.143. The number of likely N-dealkylation sites (N-methyl/N-ethyl adjacent to an activating group) is 1. The molecule has 0 radical (unpaired) electrons. The van der Waals surface area contributed by atoms with Gasteiger partial charge in [-0.1, -0.05) is 5.16 Å². The second-order valence-corrected chi connectivity index (χ2v) is 4.40. The highest BCUT2D eigenvalue weighted by Gasteiger charge is 2.36. The van der Waals surface area contributed by atoms with Gasteiger partial charge in [-0.25, -0.2) is 0 Å². The molecule has 2 heterocycles. The fourth-order valence-corrected chi connectivity index (χ4v) is 2.07. The first-order valence-electron chi connectivity index (χ1n) is 5.51. The van der Waals surface area contributed by atoms with E-state index in [0.717, 1.165) is 11.5 Å². The van der Waals surface area contributed by atoms with Gasteiger partial charge in [0.05, 0.1) is 31.4 Å². The van der Waals surface area contributed by atoms with Crippen molar-refractivity contribution in [3.05, 3.63) is 17.5 Å². The minimum absolute atomic E-state index is 0.113. The zero-order valence-electron chi connectivity index (χ0n) is 9.92. The standard InChI is InChI=1S/C11H16N2O4/c1-7-3-8(17-12-7)4-13(2)10-6-16-5-9(10)11(14)15/h3,9-10H,4-6H2,1-2H3,(H,14,15). The summed E-state index contributed by atoms with van der Waals surface area (Å²) in [5.74, 6) is -0.543. The Morgan fingerprint density at radius 1 is 1.65 bits per heavy atom. The van der Waals surface area contributed by atoms with Crippen molar-refractivity contribution in [2.24, 2.45) is 5.92 Å². The molecule has 0 spiro atoms. The van der Waals surface area contributed by atoms with Crippen LogP contribution in [0.25, 0.3) is 0 Å². The van der Waals surface area contributed by atoms with Gasteiger partial charge in [-0.3, -0.25) is 9.69 Å². The number of aryl methyl sites for hydroxylation is 1. The topological polar surface area (TPSA) is 75.8 Å². The number of carbonyl (C=O) groups is 1. The van der Waals surface area contributed by atoms with E-state index in [-0.39, 0.29) is 12.6 Å². The Morgan fingerprint density at radius 3 is 3.00 bits per heavy atom. The van der Waals surface area contributed by atoms with Gasteiger partial charge in [0, 0.05) is 12.1 Å². The highest BCUT2D eigenvalue weighted by Crippen LogP contribution is 2.20. The van der Waals surface area contributed by atoms with E-state index in [0.29, 0.717) is 13.2 Å². The summed E-state index contributed by atoms with van der Waals surface area (Å²) in [6, 6.07) is 1.74. The largest absolute Gasteiger partial charge is 0.481 e. The molecule has 1 aromatic heterocycles. The first kappa shape index (κ1) is 12.1. The number of carboxylic acid groups (broad SMARTS) is 1. The van der Waals surface area contributed by atoms with E-state index in [1.165, 1.54) is 0 Å². The average Bonchev–Trinajstić information content (AvgIpc) is 2.86. The van der Waals surface area contributed by atoms with Gasteiger partial charge >= 0.3 is 5.97 Å². The Bertz CT molecular complexity index is 404. The Kier molecular flexibility index (Phi) is 3.44. The molecule has 6 heteroatoms. The predicted molar refractivity (Wildman–Crippen MR) is 58.4 cm³/mol. The van der Waals surface area contributed by atoms with Crippen LogP contribution in [0.15, 0.2) is 10.6 Å². The molecule has 0 aromatic carbocycles. The number of carboxylic acids is 1. The molecule has 6 nitrogen and oxygen atoms in total. The normalized spacial score (nSPS) is 24.4. The lowest BCUT2D eigenvalue weighted by Gasteiger charge is -2.24. The van der Waals surface area contributed by atoms with Crippen molar-refractivity contribution in [2.75, 3.05) is 20.3 Å². The fourth-order valence-electron chi connectivity index (χ4n) is 2.07. The third-order valence-electron chi connectivity index (χ3n) is 3.02. The number of hydrogen-bond donors (Lipinski definition) is 1. The summed E-state index contributed by atoms with van der Waals surface area (Å²) in [5.41, 5.74) is 0.825. The van der Waals surface area contributed by atoms with Crippen LogP contribution in [0.5, 0.6) is 0 Å². The van der Waals surface area contributed by atoms with Crippen LogP contribution in [-0.4, -0.2) is 47.4 Å². The van der Waals surface area contributed by atoms with E-state index in [1.54, 1.807) is 0 Å². The van der Waals surface area contributed by atoms with Crippen LogP contribution < -0.4 is 0 Å². The van der Waals surface area contributed by atoms with Crippen molar-refractivity contribution in [2.45, 2.75) is 19.5 Å². The molecular formula is C11H16N2O4. The van der Waals surface area contributed by atoms with E-state index in [4.69, 9.17) is 14.4 Å². The number of aliphatic carboxylic acids is 1. The van der Waals surface area contributed by atoms with Crippen LogP contribution in [-0.2, 0) is 16.1 Å². The van der Waals surface area contributed by atoms with E-state index in [9.17, 15) is 4.79 Å². The van der Waals surface area contributed by atoms with Gasteiger partial charge in [0.1, 0.15) is 0 Å². The lowest BCUT2D eigenvalue weighted by Crippen LogP contribution is -2.40. The average molecular weight is 240 g/mol. The monoisotopic (exact) mass is 240 g/mol. The lowest BCUT2D eigenvalue weighted by atomic mass is 10.0. The molecule has 0 bridgehead atoms. The maximum absolute atomic E-state index is 11.0. The van der Waals surface area contributed by atoms with Crippen LogP contribution in [0, 0.1) is 12.8 Å². The summed E-state index contributed by atoms with van der Waals surface area (Å²) >= 11 is 0. The van der Waals surface area contributed by atoms with Crippen LogP contribution in [0.1, 0.15) is 11.5 Å². The van der Waals surface area contributed by atoms with Gasteiger partial charge in [-0.15, -0.1) is 0 Å². The Morgan fingerprint density at radius 2 is 2.41 bits per heavy atom. The van der Waals surface area contributed by atoms with E-state index < -0.39 is 11.9 Å². The smallest absolute Gasteiger partial charge is 0.310 e. The molecule has 1 aromatic rings. The summed E-state index contributed by atoms with van der Waals surface area (Å²) in [5, 5.41) is 12.9. The molecule has 2 rings (SSSR count). The summed E-state index contributed by atoms with van der Waals surface area (Å²) < 4.78 is 10.3. The van der Waals surface area contributed by atoms with Crippen molar-refractivity contribution in [1.29, 1.82) is 0 Å². The van der Waals surface area contributed by atoms with Gasteiger partial charge in [0.2, 0.25) is 0 Å². The highest BCUT2D eigenvalue weighted by atomic mass is 16.5. The van der Waals surface area contributed by atoms with Gasteiger partial charge in [0.25, 0.3) is 0 Å². The van der Waals surface area contributed by atoms with E-state index >= 15 is 0 Å². The van der Waals surface area contributed by atoms with Gasteiger partial charge < -0.3 is 14.4 Å². The van der Waals surface area contributed by atoms with Crippen molar-refractivity contribution >= 4 is 5.97 Å². The van der Waals surface area contributed by atoms with Crippen LogP contribution in [0.4, 0.5) is 0 Å². The molecule has 1 N–H and O–H groups in total. The molecule has 0 amide bonds. The molecule has 2 atom stereocenters. The summed E-state index contributed by atoms with van der Waals surface area (Å²) in [6.07, 6.45) is 0. The molecule has 2 unspecified atom stereocenters. The third kappa shape index (κ3) is 2.65. The highest BCUT2D eigenvalue weighted by molar-refractivity contribution is 5.71. The van der Waals surface area contributed by atoms with Gasteiger partial charge in [-0.05, 0) is 14.0 Å². The quantitative estimate of drug-likeness (QED) is 0.826. The second kappa shape index (κ2) is 4.85. The maximum atomic E-state index is 11.0. The van der Waals surface area contributed by atoms with E-state index in [2.05, 4.69) is 5.16 Å². The van der Waals surface area contributed by atoms with Crippen LogP contribution in [0.3, 0.4) is 0 Å². The van der Waals surface area contributed by atoms with Gasteiger partial charge in [-0.2, -0.15) is 0 Å². The molecule has 1 saturated heterocycles. The predicted octanol–water partition coefficient (Wildman–Crippen LogP) is 0.514. The Hall–Kier alpha value is -1.40. The van der Waals surface area contributed by atoms with Crippen molar-refractivity contribution in [3.63, 3.8) is 0 Å². The van der Waals surface area contributed by atoms with Crippen molar-refractivity contribution in [1.82, 2.24) is 10.1 Å². The van der Waals surface area contributed by atoms with E-state index in [1.807, 2.05) is 24.9 Å². The first-order valence-corrected chi connectivity index (χ1v) is 5.51. The Labute approximate surface area is 99.1 Å². The number of aromatic nitrogens is 1. The summed E-state index contributed by atoms with van der Waals surface area (Å²) in [4.78, 5) is 13.0. The number of rotatable bonds is 4. The molecule has 1 aliphatic heterocycles. The minimum Gasteiger partial charge on any atom is -0.481 e. The first-order chi connectivity index (χ1) is 8.08. The fraction of sp³-hybridized carbons (Fsp3) is 0.636. The SMILES string of the molecule is Cc1cc(CN(C)C2COCC2C(=O)O)on1. The minimum atomic E-state index is -0.812. The zero-order chi connectivity index (χ0) is 12.4. The van der Waals surface area contributed by atoms with Crippen molar-refractivity contribution < 1.29 is 19.2 Å². The molecule has 0 aliphatic carbocycles. The number of nitrogens with zero attached hydrogens (tertiary/aromatic N) is 2. The molecule has 94 valence electrons. The number of hydrogen-bond acceptors (Lipinski definition) is 5. The summed E-state index contributed by atoms with van der Waals surface area (Å²) in [6.45, 7) is 3.12. The number of ether oxygens (including phenoxy) is 1. The zero-order valence-corrected chi connectivity index (χ0v) is 9.92. The van der Waals surface area contributed by atoms with Crippen molar-refractivity contribution in [3.8, 4) is 0 Å². The van der Waals surface area contributed by atoms with Crippen LogP contribution >= 0.6 is 0 Å². The van der Waals surface area contributed by atoms with Crippen LogP contribution in [0.2, 0.25) is 0 Å². The van der Waals surface area contributed by atoms with Gasteiger partial charge in [0.15, 0.2) is 5.76 Å². The molecular weight excluding hydrogens is 224 g/mol. The Balaban J connectivity index is 1.99. The third-order valence-corrected chi connectivity index (χ3v) is 3.02.